The number of aryl methyl sites for hydroxylation is 4. The molecule has 64 heavy (non-hydrogen) atoms. The smallest absolute Gasteiger partial charge is 0.375 e. The van der Waals surface area contributed by atoms with Gasteiger partial charge >= 0.3 is 15.6 Å². The van der Waals surface area contributed by atoms with Gasteiger partial charge in [-0.05, 0) is 118 Å². The highest BCUT2D eigenvalue weighted by Gasteiger charge is 2.49. The summed E-state index contributed by atoms with van der Waals surface area (Å²) in [5.74, 6) is -0.492. The number of rotatable bonds is 14. The Kier molecular flexibility index (Phi) is 11.8. The molecule has 0 spiro atoms. The molecule has 9 aromatic rings. The van der Waals surface area contributed by atoms with Gasteiger partial charge in [-0.2, -0.15) is 31.8 Å². The van der Waals surface area contributed by atoms with Crippen molar-refractivity contribution in [3.05, 3.63) is 217 Å². The first kappa shape index (κ1) is 41.8. The van der Waals surface area contributed by atoms with Crippen LogP contribution in [-0.2, 0) is 35.8 Å². The van der Waals surface area contributed by atoms with Crippen LogP contribution in [0.25, 0.3) is 56.0 Å². The van der Waals surface area contributed by atoms with Crippen molar-refractivity contribution in [1.29, 1.82) is 0 Å². The zero-order valence-corrected chi connectivity index (χ0v) is 35.1. The van der Waals surface area contributed by atoms with E-state index in [-0.39, 0.29) is 11.3 Å². The lowest BCUT2D eigenvalue weighted by atomic mass is 9.90. The molecule has 8 nitrogen and oxygen atoms in total. The summed E-state index contributed by atoms with van der Waals surface area (Å²) in [5.41, 5.74) is 5.31. The zero-order chi connectivity index (χ0) is 44.1. The lowest BCUT2D eigenvalue weighted by Gasteiger charge is -2.18. The summed E-state index contributed by atoms with van der Waals surface area (Å²) in [5, 5.41) is 8.66. The molecule has 0 saturated heterocycles. The molecule has 0 saturated carbocycles. The Labute approximate surface area is 369 Å². The minimum absolute atomic E-state index is 0.0906. The standard InChI is InChI=1S/C52H40F3N5O3S/c53-52(54,55)64(61,62)63-51-35-50(43-12-6-11-42(34-43)41-9-2-1-3-10-41)56-36-49(51)48-14-5-4-13-47(48)44-32-39(17-15-37-19-23-45(24-20-37)59-29-7-27-57-59)31-40(33-44)18-16-38-21-25-46(26-22-38)60-30-8-28-58-60/h1-14,19-36H,15-18H2. The van der Waals surface area contributed by atoms with Gasteiger partial charge in [0.25, 0.3) is 0 Å². The summed E-state index contributed by atoms with van der Waals surface area (Å²) in [7, 11) is -6.06. The molecule has 0 unspecified atom stereocenters. The first-order valence-electron chi connectivity index (χ1n) is 20.6. The summed E-state index contributed by atoms with van der Waals surface area (Å²) in [4.78, 5) is 4.69. The molecule has 0 aliphatic carbocycles. The number of hydrogen-bond donors (Lipinski definition) is 0. The minimum atomic E-state index is -6.06. The second kappa shape index (κ2) is 18.0. The second-order valence-electron chi connectivity index (χ2n) is 15.3. The van der Waals surface area contributed by atoms with E-state index in [9.17, 15) is 21.6 Å². The quantitative estimate of drug-likeness (QED) is 0.0798. The van der Waals surface area contributed by atoms with Gasteiger partial charge in [0.15, 0.2) is 5.75 Å². The van der Waals surface area contributed by atoms with Gasteiger partial charge in [-0.25, -0.2) is 9.36 Å². The van der Waals surface area contributed by atoms with E-state index >= 15 is 0 Å². The van der Waals surface area contributed by atoms with Crippen LogP contribution in [0.2, 0.25) is 0 Å². The Balaban J connectivity index is 1.08. The lowest BCUT2D eigenvalue weighted by molar-refractivity contribution is -0.0499. The van der Waals surface area contributed by atoms with Crippen LogP contribution in [0.15, 0.2) is 195 Å². The first-order chi connectivity index (χ1) is 31.1. The van der Waals surface area contributed by atoms with Crippen molar-refractivity contribution in [2.75, 3.05) is 0 Å². The van der Waals surface area contributed by atoms with Crippen LogP contribution in [0.5, 0.6) is 5.75 Å². The van der Waals surface area contributed by atoms with Crippen molar-refractivity contribution < 1.29 is 25.8 Å². The van der Waals surface area contributed by atoms with Crippen molar-refractivity contribution in [3.63, 3.8) is 0 Å². The Morgan fingerprint density at radius 1 is 0.484 bits per heavy atom. The van der Waals surface area contributed by atoms with E-state index in [0.717, 1.165) is 63.2 Å². The SMILES string of the molecule is O=S(=O)(Oc1cc(-c2cccc(-c3ccccc3)c2)ncc1-c1ccccc1-c1cc(CCc2ccc(-n3cccn3)cc2)cc(CCc2ccc(-n3cccn3)cc2)c1)C(F)(F)F. The second-order valence-corrected chi connectivity index (χ2v) is 16.9. The molecule has 0 aliphatic rings. The van der Waals surface area contributed by atoms with Crippen LogP contribution < -0.4 is 4.18 Å². The van der Waals surface area contributed by atoms with Crippen molar-refractivity contribution in [1.82, 2.24) is 24.5 Å². The van der Waals surface area contributed by atoms with E-state index in [0.29, 0.717) is 29.5 Å². The highest BCUT2D eigenvalue weighted by molar-refractivity contribution is 7.88. The van der Waals surface area contributed by atoms with Crippen molar-refractivity contribution in [2.45, 2.75) is 31.2 Å². The predicted molar refractivity (Wildman–Crippen MR) is 244 cm³/mol. The minimum Gasteiger partial charge on any atom is -0.375 e. The summed E-state index contributed by atoms with van der Waals surface area (Å²) in [6, 6.07) is 52.1. The Morgan fingerprint density at radius 3 is 1.58 bits per heavy atom. The van der Waals surface area contributed by atoms with E-state index in [1.807, 2.05) is 119 Å². The fourth-order valence-electron chi connectivity index (χ4n) is 7.75. The molecule has 0 radical (unpaired) electrons. The molecule has 0 aliphatic heterocycles. The number of nitrogens with zero attached hydrogens (tertiary/aromatic N) is 5. The summed E-state index contributed by atoms with van der Waals surface area (Å²) in [6.45, 7) is 0. The average Bonchev–Trinajstić information content (AvgIpc) is 4.07. The van der Waals surface area contributed by atoms with E-state index in [4.69, 9.17) is 4.18 Å². The van der Waals surface area contributed by atoms with Crippen molar-refractivity contribution in [2.24, 2.45) is 0 Å². The summed E-state index contributed by atoms with van der Waals surface area (Å²) in [6.07, 6.45) is 11.6. The fraction of sp³-hybridized carbons (Fsp3) is 0.0962. The molecule has 12 heteroatoms. The number of hydrogen-bond acceptors (Lipinski definition) is 6. The molecule has 3 aromatic heterocycles. The maximum Gasteiger partial charge on any atom is 0.534 e. The van der Waals surface area contributed by atoms with Crippen molar-refractivity contribution in [3.8, 4) is 61.8 Å². The number of pyridine rings is 1. The number of benzene rings is 6. The number of alkyl halides is 3. The Hall–Kier alpha value is -7.57. The zero-order valence-electron chi connectivity index (χ0n) is 34.3. The molecule has 0 fully saturated rings. The van der Waals surface area contributed by atoms with Crippen LogP contribution in [0.4, 0.5) is 13.2 Å². The summed E-state index contributed by atoms with van der Waals surface area (Å²) >= 11 is 0. The Morgan fingerprint density at radius 2 is 1.02 bits per heavy atom. The highest BCUT2D eigenvalue weighted by atomic mass is 32.2. The lowest BCUT2D eigenvalue weighted by Crippen LogP contribution is -2.28. The monoisotopic (exact) mass is 871 g/mol. The van der Waals surface area contributed by atoms with Gasteiger partial charge < -0.3 is 4.18 Å². The molecule has 3 heterocycles. The molecule has 9 rings (SSSR count). The molecule has 318 valence electrons. The fourth-order valence-corrected chi connectivity index (χ4v) is 8.22. The van der Waals surface area contributed by atoms with Crippen LogP contribution in [-0.4, -0.2) is 38.5 Å². The molecule has 6 aromatic carbocycles. The third-order valence-corrected chi connectivity index (χ3v) is 12.0. The molecule has 0 bridgehead atoms. The van der Waals surface area contributed by atoms with Gasteiger partial charge in [-0.3, -0.25) is 4.98 Å². The van der Waals surface area contributed by atoms with Gasteiger partial charge in [-0.15, -0.1) is 0 Å². The first-order valence-corrected chi connectivity index (χ1v) is 22.0. The van der Waals surface area contributed by atoms with Gasteiger partial charge in [0.1, 0.15) is 0 Å². The van der Waals surface area contributed by atoms with Gasteiger partial charge in [0, 0.05) is 48.2 Å². The average molecular weight is 872 g/mol. The molecular weight excluding hydrogens is 832 g/mol. The molecule has 0 amide bonds. The van der Waals surface area contributed by atoms with Gasteiger partial charge in [-0.1, -0.05) is 115 Å². The maximum atomic E-state index is 14.0. The third kappa shape index (κ3) is 9.42. The normalized spacial score (nSPS) is 11.7. The van der Waals surface area contributed by atoms with Crippen LogP contribution in [0, 0.1) is 0 Å². The van der Waals surface area contributed by atoms with Crippen LogP contribution in [0.3, 0.4) is 0 Å². The van der Waals surface area contributed by atoms with E-state index in [1.54, 1.807) is 30.6 Å². The predicted octanol–water partition coefficient (Wildman–Crippen LogP) is 11.9. The molecule has 0 N–H and O–H groups in total. The van der Waals surface area contributed by atoms with Crippen molar-refractivity contribution >= 4 is 10.1 Å². The van der Waals surface area contributed by atoms with Crippen LogP contribution in [0.1, 0.15) is 22.3 Å². The molecular formula is C52H40F3N5O3S. The van der Waals surface area contributed by atoms with E-state index in [1.165, 1.54) is 12.3 Å². The van der Waals surface area contributed by atoms with E-state index < -0.39 is 21.4 Å². The maximum absolute atomic E-state index is 14.0. The number of aromatic nitrogens is 5. The summed E-state index contributed by atoms with van der Waals surface area (Å²) < 4.78 is 75.9. The topological polar surface area (TPSA) is 91.9 Å². The van der Waals surface area contributed by atoms with Crippen LogP contribution >= 0.6 is 0 Å². The third-order valence-electron chi connectivity index (χ3n) is 11.0. The van der Waals surface area contributed by atoms with E-state index in [2.05, 4.69) is 57.6 Å². The largest absolute Gasteiger partial charge is 0.534 e. The van der Waals surface area contributed by atoms with Gasteiger partial charge in [0.05, 0.1) is 17.1 Å². The number of halogens is 3. The van der Waals surface area contributed by atoms with Gasteiger partial charge in [0.2, 0.25) is 0 Å². The Bertz CT molecular complexity index is 3020. The molecule has 0 atom stereocenters. The highest BCUT2D eigenvalue weighted by Crippen LogP contribution is 2.41.